The predicted octanol–water partition coefficient (Wildman–Crippen LogP) is 2.29. The molecule has 0 aromatic carbocycles. The Labute approximate surface area is 90.6 Å². The third-order valence-electron chi connectivity index (χ3n) is 3.29. The van der Waals surface area contributed by atoms with Crippen LogP contribution in [0.5, 0.6) is 0 Å². The van der Waals surface area contributed by atoms with Crippen LogP contribution in [0.4, 0.5) is 0 Å². The Bertz CT molecular complexity index is 257. The molecular formula is C10H17BO2S. The van der Waals surface area contributed by atoms with Crippen molar-refractivity contribution in [2.45, 2.75) is 38.9 Å². The van der Waals surface area contributed by atoms with Crippen LogP contribution in [0.2, 0.25) is 0 Å². The van der Waals surface area contributed by atoms with Gasteiger partial charge in [0.15, 0.2) is 0 Å². The molecule has 0 amide bonds. The average Bonchev–Trinajstić information content (AvgIpc) is 2.58. The molecule has 2 nitrogen and oxygen atoms in total. The lowest BCUT2D eigenvalue weighted by molar-refractivity contribution is 0.00578. The van der Waals surface area contributed by atoms with E-state index in [-0.39, 0.29) is 18.3 Å². The zero-order chi connectivity index (χ0) is 10.4. The van der Waals surface area contributed by atoms with Crippen LogP contribution in [0.1, 0.15) is 27.7 Å². The zero-order valence-corrected chi connectivity index (χ0v) is 10.1. The van der Waals surface area contributed by atoms with Crippen LogP contribution in [0.15, 0.2) is 11.5 Å². The van der Waals surface area contributed by atoms with Gasteiger partial charge >= 0.3 is 7.12 Å². The molecule has 0 aliphatic carbocycles. The van der Waals surface area contributed by atoms with Crippen molar-refractivity contribution in [1.82, 2.24) is 0 Å². The molecule has 2 heterocycles. The van der Waals surface area contributed by atoms with E-state index >= 15 is 0 Å². The van der Waals surface area contributed by atoms with E-state index in [1.165, 1.54) is 5.47 Å². The van der Waals surface area contributed by atoms with Crippen LogP contribution in [-0.2, 0) is 9.31 Å². The summed E-state index contributed by atoms with van der Waals surface area (Å²) in [6.07, 6.45) is 2.23. The largest absolute Gasteiger partial charge is 0.491 e. The fourth-order valence-corrected chi connectivity index (χ4v) is 2.50. The Morgan fingerprint density at radius 1 is 1.21 bits per heavy atom. The molecule has 1 fully saturated rings. The predicted molar refractivity (Wildman–Crippen MR) is 61.5 cm³/mol. The molecule has 0 unspecified atom stereocenters. The number of rotatable bonds is 1. The second-order valence-corrected chi connectivity index (χ2v) is 5.91. The highest BCUT2D eigenvalue weighted by atomic mass is 32.2. The fraction of sp³-hybridized carbons (Fsp3) is 0.800. The van der Waals surface area contributed by atoms with Crippen molar-refractivity contribution in [2.24, 2.45) is 0 Å². The Balaban J connectivity index is 2.13. The minimum atomic E-state index is -0.203. The van der Waals surface area contributed by atoms with Gasteiger partial charge in [-0.05, 0) is 33.2 Å². The summed E-state index contributed by atoms with van der Waals surface area (Å²) < 4.78 is 11.9. The summed E-state index contributed by atoms with van der Waals surface area (Å²) in [5.41, 5.74) is 0.894. The van der Waals surface area contributed by atoms with Crippen molar-refractivity contribution in [3.05, 3.63) is 11.5 Å². The Kier molecular flexibility index (Phi) is 2.49. The molecular weight excluding hydrogens is 195 g/mol. The third kappa shape index (κ3) is 1.64. The first-order chi connectivity index (χ1) is 6.42. The lowest BCUT2D eigenvalue weighted by Gasteiger charge is -2.32. The summed E-state index contributed by atoms with van der Waals surface area (Å²) in [5.74, 6) is 2.15. The van der Waals surface area contributed by atoms with Crippen LogP contribution in [0, 0.1) is 0 Å². The molecule has 0 bridgehead atoms. The monoisotopic (exact) mass is 212 g/mol. The van der Waals surface area contributed by atoms with E-state index in [4.69, 9.17) is 9.31 Å². The molecule has 0 atom stereocenters. The lowest BCUT2D eigenvalue weighted by atomic mass is 9.79. The van der Waals surface area contributed by atoms with E-state index in [2.05, 4.69) is 33.8 Å². The van der Waals surface area contributed by atoms with Crippen LogP contribution >= 0.6 is 11.8 Å². The van der Waals surface area contributed by atoms with Crippen molar-refractivity contribution in [3.63, 3.8) is 0 Å². The van der Waals surface area contributed by atoms with Crippen molar-refractivity contribution in [1.29, 1.82) is 0 Å². The minimum absolute atomic E-state index is 0.116. The molecule has 2 aliphatic heterocycles. The maximum atomic E-state index is 5.94. The highest BCUT2D eigenvalue weighted by Gasteiger charge is 2.52. The maximum Gasteiger partial charge on any atom is 0.491 e. The van der Waals surface area contributed by atoms with Crippen molar-refractivity contribution in [2.75, 3.05) is 11.5 Å². The van der Waals surface area contributed by atoms with E-state index in [0.717, 1.165) is 11.5 Å². The molecule has 78 valence electrons. The quantitative estimate of drug-likeness (QED) is 0.621. The maximum absolute atomic E-state index is 5.94. The third-order valence-corrected chi connectivity index (χ3v) is 4.23. The number of thioether (sulfide) groups is 1. The highest BCUT2D eigenvalue weighted by Crippen LogP contribution is 2.39. The van der Waals surface area contributed by atoms with Crippen molar-refractivity contribution < 1.29 is 9.31 Å². The van der Waals surface area contributed by atoms with Gasteiger partial charge < -0.3 is 9.31 Å². The molecule has 4 heteroatoms. The van der Waals surface area contributed by atoms with E-state index < -0.39 is 0 Å². The molecule has 0 radical (unpaired) electrons. The SMILES string of the molecule is CC1(C)OB(C2=CCSC2)OC1(C)C. The molecule has 2 aliphatic rings. The van der Waals surface area contributed by atoms with E-state index in [0.29, 0.717) is 0 Å². The first-order valence-electron chi connectivity index (χ1n) is 5.05. The summed E-state index contributed by atoms with van der Waals surface area (Å²) in [4.78, 5) is 0. The lowest BCUT2D eigenvalue weighted by Crippen LogP contribution is -2.41. The van der Waals surface area contributed by atoms with Gasteiger partial charge in [-0.2, -0.15) is 11.8 Å². The topological polar surface area (TPSA) is 18.5 Å². The smallest absolute Gasteiger partial charge is 0.400 e. The zero-order valence-electron chi connectivity index (χ0n) is 9.29. The van der Waals surface area contributed by atoms with Crippen molar-refractivity contribution in [3.8, 4) is 0 Å². The van der Waals surface area contributed by atoms with E-state index in [9.17, 15) is 0 Å². The molecule has 1 saturated heterocycles. The highest BCUT2D eigenvalue weighted by molar-refractivity contribution is 8.00. The minimum Gasteiger partial charge on any atom is -0.400 e. The average molecular weight is 212 g/mol. The molecule has 2 rings (SSSR count). The number of hydrogen-bond donors (Lipinski definition) is 0. The van der Waals surface area contributed by atoms with Crippen LogP contribution in [-0.4, -0.2) is 29.8 Å². The van der Waals surface area contributed by atoms with Gasteiger partial charge in [0.05, 0.1) is 11.2 Å². The van der Waals surface area contributed by atoms with Gasteiger partial charge in [-0.3, -0.25) is 0 Å². The van der Waals surface area contributed by atoms with Gasteiger partial charge in [-0.25, -0.2) is 0 Å². The normalized spacial score (nSPS) is 29.4. The second-order valence-electron chi connectivity index (χ2n) is 4.88. The Hall–Kier alpha value is 0.0749. The fourth-order valence-electron chi connectivity index (χ4n) is 1.56. The second kappa shape index (κ2) is 3.29. The van der Waals surface area contributed by atoms with Gasteiger partial charge in [0.2, 0.25) is 0 Å². The Morgan fingerprint density at radius 3 is 2.21 bits per heavy atom. The molecule has 0 saturated carbocycles. The standard InChI is InChI=1S/C10H17BO2S/c1-9(2)10(3,4)13-11(12-9)8-5-6-14-7-8/h5H,6-7H2,1-4H3. The molecule has 0 aromatic heterocycles. The summed E-state index contributed by atoms with van der Waals surface area (Å²) in [6, 6.07) is 0. The number of hydrogen-bond acceptors (Lipinski definition) is 3. The van der Waals surface area contributed by atoms with Crippen LogP contribution in [0.25, 0.3) is 0 Å². The van der Waals surface area contributed by atoms with Crippen molar-refractivity contribution >= 4 is 18.9 Å². The van der Waals surface area contributed by atoms with Gasteiger partial charge in [-0.1, -0.05) is 6.08 Å². The molecule has 0 aromatic rings. The summed E-state index contributed by atoms with van der Waals surface area (Å²) >= 11 is 1.92. The van der Waals surface area contributed by atoms with Crippen LogP contribution in [0.3, 0.4) is 0 Å². The first kappa shape index (κ1) is 10.6. The summed E-state index contributed by atoms with van der Waals surface area (Å²) in [6.45, 7) is 8.37. The van der Waals surface area contributed by atoms with Crippen LogP contribution < -0.4 is 0 Å². The Morgan fingerprint density at radius 2 is 1.79 bits per heavy atom. The van der Waals surface area contributed by atoms with Gasteiger partial charge in [0.1, 0.15) is 0 Å². The van der Waals surface area contributed by atoms with E-state index in [1.54, 1.807) is 0 Å². The van der Waals surface area contributed by atoms with E-state index in [1.807, 2.05) is 11.8 Å². The molecule has 0 spiro atoms. The first-order valence-corrected chi connectivity index (χ1v) is 6.20. The van der Waals surface area contributed by atoms with Gasteiger partial charge in [-0.15, -0.1) is 0 Å². The van der Waals surface area contributed by atoms with Gasteiger partial charge in [0, 0.05) is 11.5 Å². The summed E-state index contributed by atoms with van der Waals surface area (Å²) in [5, 5.41) is 0. The molecule has 14 heavy (non-hydrogen) atoms. The molecule has 0 N–H and O–H groups in total. The summed E-state index contributed by atoms with van der Waals surface area (Å²) in [7, 11) is -0.116. The van der Waals surface area contributed by atoms with Gasteiger partial charge in [0.25, 0.3) is 0 Å².